The summed E-state index contributed by atoms with van der Waals surface area (Å²) in [5, 5.41) is 12.5. The van der Waals surface area contributed by atoms with Crippen molar-refractivity contribution in [2.24, 2.45) is 5.92 Å². The van der Waals surface area contributed by atoms with E-state index in [9.17, 15) is 14.7 Å². The number of nitrogens with zero attached hydrogens (tertiary/aromatic N) is 1. The van der Waals surface area contributed by atoms with Crippen molar-refractivity contribution in [1.82, 2.24) is 4.98 Å². The zero-order valence-corrected chi connectivity index (χ0v) is 22.1. The van der Waals surface area contributed by atoms with E-state index >= 15 is 0 Å². The lowest BCUT2D eigenvalue weighted by atomic mass is 9.93. The molecule has 0 radical (unpaired) electrons. The fourth-order valence-corrected chi connectivity index (χ4v) is 5.07. The van der Waals surface area contributed by atoms with Gasteiger partial charge in [0.15, 0.2) is 0 Å². The molecular formula is C32H32N2O4. The molecule has 1 aliphatic rings. The first-order valence-corrected chi connectivity index (χ1v) is 13.0. The molecule has 1 aromatic heterocycles. The number of aliphatic hydroxyl groups excluding tert-OH is 1. The second-order valence-corrected chi connectivity index (χ2v) is 10.1. The Morgan fingerprint density at radius 1 is 1.03 bits per heavy atom. The average molecular weight is 509 g/mol. The molecule has 1 aliphatic heterocycles. The molecule has 1 atom stereocenters. The van der Waals surface area contributed by atoms with Crippen LogP contribution in [-0.4, -0.2) is 28.4 Å². The molecule has 194 valence electrons. The zero-order chi connectivity index (χ0) is 27.0. The molecule has 0 bridgehead atoms. The van der Waals surface area contributed by atoms with Crippen LogP contribution < -0.4 is 9.64 Å². The molecular weight excluding hydrogens is 476 g/mol. The predicted molar refractivity (Wildman–Crippen MR) is 150 cm³/mol. The van der Waals surface area contributed by atoms with Crippen LogP contribution in [0.4, 0.5) is 5.69 Å². The molecule has 5 rings (SSSR count). The molecule has 6 nitrogen and oxygen atoms in total. The Labute approximate surface area is 222 Å². The third kappa shape index (κ3) is 4.47. The molecule has 2 N–H and O–H groups in total. The van der Waals surface area contributed by atoms with Crippen molar-refractivity contribution in [2.75, 3.05) is 11.5 Å². The topological polar surface area (TPSA) is 82.6 Å². The van der Waals surface area contributed by atoms with E-state index in [2.05, 4.69) is 25.8 Å². The maximum absolute atomic E-state index is 13.6. The second kappa shape index (κ2) is 10.2. The fraction of sp³-hybridized carbons (Fsp3) is 0.250. The number of fused-ring (bicyclic) bond motifs is 1. The predicted octanol–water partition coefficient (Wildman–Crippen LogP) is 6.70. The summed E-state index contributed by atoms with van der Waals surface area (Å²) in [7, 11) is 0. The summed E-state index contributed by atoms with van der Waals surface area (Å²) >= 11 is 0. The number of rotatable bonds is 7. The molecule has 1 unspecified atom stereocenters. The van der Waals surface area contributed by atoms with E-state index in [1.165, 1.54) is 4.90 Å². The quantitative estimate of drug-likeness (QED) is 0.165. The van der Waals surface area contributed by atoms with E-state index in [1.807, 2.05) is 61.5 Å². The van der Waals surface area contributed by atoms with Gasteiger partial charge in [-0.05, 0) is 55.2 Å². The number of carbonyl (C=O) groups is 2. The molecule has 0 saturated carbocycles. The van der Waals surface area contributed by atoms with Crippen molar-refractivity contribution in [1.29, 1.82) is 0 Å². The third-order valence-electron chi connectivity index (χ3n) is 6.97. The Hall–Kier alpha value is -4.32. The van der Waals surface area contributed by atoms with Gasteiger partial charge >= 0.3 is 0 Å². The van der Waals surface area contributed by atoms with Crippen molar-refractivity contribution < 1.29 is 19.4 Å². The van der Waals surface area contributed by atoms with Crippen LogP contribution in [0.15, 0.2) is 78.4 Å². The maximum atomic E-state index is 13.6. The first-order valence-electron chi connectivity index (χ1n) is 13.0. The molecule has 6 heteroatoms. The summed E-state index contributed by atoms with van der Waals surface area (Å²) in [5.41, 5.74) is 4.73. The van der Waals surface area contributed by atoms with Crippen LogP contribution in [0, 0.1) is 12.8 Å². The van der Waals surface area contributed by atoms with E-state index < -0.39 is 17.7 Å². The maximum Gasteiger partial charge on any atom is 0.300 e. The lowest BCUT2D eigenvalue weighted by Crippen LogP contribution is -2.29. The normalized spacial score (nSPS) is 17.1. The van der Waals surface area contributed by atoms with Crippen LogP contribution in [0.1, 0.15) is 49.2 Å². The van der Waals surface area contributed by atoms with Gasteiger partial charge in [-0.15, -0.1) is 0 Å². The summed E-state index contributed by atoms with van der Waals surface area (Å²) in [6.07, 6.45) is 0.860. The Bertz CT molecular complexity index is 1550. The van der Waals surface area contributed by atoms with Gasteiger partial charge in [0.2, 0.25) is 0 Å². The smallest absolute Gasteiger partial charge is 0.300 e. The Morgan fingerprint density at radius 2 is 1.76 bits per heavy atom. The number of nitrogens with one attached hydrogen (secondary N) is 1. The van der Waals surface area contributed by atoms with Crippen molar-refractivity contribution >= 4 is 34.0 Å². The van der Waals surface area contributed by atoms with Crippen LogP contribution in [0.2, 0.25) is 0 Å². The van der Waals surface area contributed by atoms with Gasteiger partial charge in [0.05, 0.1) is 18.2 Å². The Kier molecular flexibility index (Phi) is 6.81. The van der Waals surface area contributed by atoms with Crippen molar-refractivity contribution in [3.8, 4) is 5.75 Å². The number of ketones is 1. The minimum atomic E-state index is -0.807. The zero-order valence-electron chi connectivity index (χ0n) is 22.1. The number of para-hydroxylation sites is 1. The summed E-state index contributed by atoms with van der Waals surface area (Å²) in [6.45, 7) is 8.63. The highest BCUT2D eigenvalue weighted by Gasteiger charge is 2.48. The second-order valence-electron chi connectivity index (χ2n) is 10.1. The number of carbonyl (C=O) groups excluding carboxylic acids is 2. The van der Waals surface area contributed by atoms with E-state index in [1.54, 1.807) is 18.2 Å². The number of benzene rings is 3. The lowest BCUT2D eigenvalue weighted by molar-refractivity contribution is -0.132. The number of hydrogen-bond donors (Lipinski definition) is 2. The molecule has 2 heterocycles. The number of ether oxygens (including phenoxy) is 1. The molecule has 1 saturated heterocycles. The molecule has 0 spiro atoms. The van der Waals surface area contributed by atoms with Gasteiger partial charge < -0.3 is 14.8 Å². The minimum Gasteiger partial charge on any atom is -0.507 e. The number of H-pyrrole nitrogens is 1. The first kappa shape index (κ1) is 25.3. The van der Waals surface area contributed by atoms with Crippen LogP contribution in [-0.2, 0) is 16.0 Å². The third-order valence-corrected chi connectivity index (χ3v) is 6.97. The largest absolute Gasteiger partial charge is 0.507 e. The van der Waals surface area contributed by atoms with Gasteiger partial charge in [-0.1, -0.05) is 63.2 Å². The van der Waals surface area contributed by atoms with Crippen LogP contribution in [0.25, 0.3) is 16.7 Å². The number of aliphatic hydroxyl groups is 1. The number of hydrogen-bond acceptors (Lipinski definition) is 4. The summed E-state index contributed by atoms with van der Waals surface area (Å²) < 4.78 is 5.86. The van der Waals surface area contributed by atoms with Crippen molar-refractivity contribution in [3.63, 3.8) is 0 Å². The van der Waals surface area contributed by atoms with Gasteiger partial charge in [-0.2, -0.15) is 0 Å². The monoisotopic (exact) mass is 508 g/mol. The number of aromatic amines is 1. The molecule has 0 aliphatic carbocycles. The standard InChI is InChI=1S/C32H32N2O4/c1-5-21-13-15-23(16-14-21)34-29(27-20(4)33-26-12-7-6-11-25(26)27)28(31(36)32(34)37)30(35)22-9-8-10-24(17-22)38-18-19(2)3/h6-17,19,29,33,35H,5,18H2,1-4H3/b30-28+. The number of aryl methyl sites for hydroxylation is 2. The summed E-state index contributed by atoms with van der Waals surface area (Å²) in [5.74, 6) is -0.683. The minimum absolute atomic E-state index is 0.0587. The van der Waals surface area contributed by atoms with Crippen LogP contribution in [0.3, 0.4) is 0 Å². The Balaban J connectivity index is 1.72. The van der Waals surface area contributed by atoms with Gasteiger partial charge in [0, 0.05) is 33.4 Å². The number of amides is 1. The average Bonchev–Trinajstić information content (AvgIpc) is 3.39. The molecule has 4 aromatic rings. The highest BCUT2D eigenvalue weighted by atomic mass is 16.5. The first-order chi connectivity index (χ1) is 18.3. The Morgan fingerprint density at radius 3 is 2.47 bits per heavy atom. The van der Waals surface area contributed by atoms with Crippen LogP contribution >= 0.6 is 0 Å². The molecule has 1 amide bonds. The van der Waals surface area contributed by atoms with Crippen molar-refractivity contribution in [3.05, 3.63) is 101 Å². The van der Waals surface area contributed by atoms with E-state index in [0.717, 1.165) is 34.1 Å². The summed E-state index contributed by atoms with van der Waals surface area (Å²) in [4.78, 5) is 32.1. The molecule has 38 heavy (non-hydrogen) atoms. The highest BCUT2D eigenvalue weighted by Crippen LogP contribution is 2.45. The number of anilines is 1. The lowest BCUT2D eigenvalue weighted by Gasteiger charge is -2.26. The van der Waals surface area contributed by atoms with E-state index in [-0.39, 0.29) is 11.3 Å². The van der Waals surface area contributed by atoms with Crippen LogP contribution in [0.5, 0.6) is 5.75 Å². The van der Waals surface area contributed by atoms with Crippen molar-refractivity contribution in [2.45, 2.75) is 40.2 Å². The summed E-state index contributed by atoms with van der Waals surface area (Å²) in [6, 6.07) is 21.7. The molecule has 3 aromatic carbocycles. The molecule has 1 fully saturated rings. The van der Waals surface area contributed by atoms with Gasteiger partial charge in [0.1, 0.15) is 11.5 Å². The van der Waals surface area contributed by atoms with Gasteiger partial charge in [-0.25, -0.2) is 0 Å². The highest BCUT2D eigenvalue weighted by molar-refractivity contribution is 6.52. The van der Waals surface area contributed by atoms with Gasteiger partial charge in [-0.3, -0.25) is 14.5 Å². The van der Waals surface area contributed by atoms with E-state index in [4.69, 9.17) is 4.74 Å². The van der Waals surface area contributed by atoms with Gasteiger partial charge in [0.25, 0.3) is 11.7 Å². The SMILES string of the molecule is CCc1ccc(N2C(=O)C(=O)/C(=C(/O)c3cccc(OCC(C)C)c3)C2c2c(C)[nH]c3ccccc23)cc1. The number of aromatic nitrogens is 1. The number of Topliss-reactive ketones (excluding diaryl/α,β-unsaturated/α-hetero) is 1. The fourth-order valence-electron chi connectivity index (χ4n) is 5.07. The van der Waals surface area contributed by atoms with E-state index in [0.29, 0.717) is 29.5 Å².